The zero-order chi connectivity index (χ0) is 29.6. The number of anilines is 1. The molecule has 0 saturated carbocycles. The summed E-state index contributed by atoms with van der Waals surface area (Å²) in [7, 11) is 0. The summed E-state index contributed by atoms with van der Waals surface area (Å²) in [5.41, 5.74) is 4.33. The average molecular weight is 625 g/mol. The number of piperazine rings is 1. The van der Waals surface area contributed by atoms with Crippen LogP contribution in [0.5, 0.6) is 0 Å². The predicted octanol–water partition coefficient (Wildman–Crippen LogP) is 7.98. The van der Waals surface area contributed by atoms with Crippen molar-refractivity contribution in [2.45, 2.75) is 11.4 Å². The van der Waals surface area contributed by atoms with Gasteiger partial charge in [-0.3, -0.25) is 18.8 Å². The van der Waals surface area contributed by atoms with Crippen molar-refractivity contribution in [1.82, 2.24) is 14.0 Å². The van der Waals surface area contributed by atoms with Gasteiger partial charge in [-0.05, 0) is 73.2 Å². The lowest BCUT2D eigenvalue weighted by atomic mass is 10.1. The van der Waals surface area contributed by atoms with E-state index in [4.69, 9.17) is 23.8 Å². The van der Waals surface area contributed by atoms with Crippen LogP contribution in [0.1, 0.15) is 6.42 Å². The molecule has 0 bridgehead atoms. The molecule has 0 atom stereocenters. The van der Waals surface area contributed by atoms with Crippen LogP contribution in [0.15, 0.2) is 125 Å². The van der Waals surface area contributed by atoms with E-state index in [-0.39, 0.29) is 5.56 Å². The molecule has 218 valence electrons. The number of thioether (sulfide) groups is 1. The lowest BCUT2D eigenvalue weighted by molar-refractivity contribution is 0.259. The molecule has 0 amide bonds. The van der Waals surface area contributed by atoms with Crippen molar-refractivity contribution >= 4 is 41.3 Å². The van der Waals surface area contributed by atoms with E-state index >= 15 is 0 Å². The summed E-state index contributed by atoms with van der Waals surface area (Å²) in [6.07, 6.45) is 0.999. The zero-order valence-corrected chi connectivity index (χ0v) is 26.2. The average Bonchev–Trinajstić information content (AvgIpc) is 3.05. The molecule has 1 aromatic heterocycles. The first-order valence-corrected chi connectivity index (χ1v) is 16.3. The van der Waals surface area contributed by atoms with Crippen molar-refractivity contribution < 1.29 is 0 Å². The third-order valence-electron chi connectivity index (χ3n) is 7.71. The van der Waals surface area contributed by atoms with E-state index < -0.39 is 0 Å². The van der Waals surface area contributed by atoms with E-state index in [0.717, 1.165) is 71.9 Å². The standard InChI is InChI=1S/C35H33ClN4OS2/c36-28-14-10-19-31(26-28)38-23-21-37(22-24-38)20-11-25-43-34-32(27-12-4-1-5-13-27)33(41)39(29-15-6-2-7-16-29)35(42)40(34)30-17-8-3-9-18-30/h1-10,12-19,26H,11,20-25H2. The smallest absolute Gasteiger partial charge is 0.267 e. The molecular formula is C35H33ClN4OS2. The summed E-state index contributed by atoms with van der Waals surface area (Å²) >= 11 is 14.0. The molecule has 6 rings (SSSR count). The fourth-order valence-electron chi connectivity index (χ4n) is 5.55. The number of hydrogen-bond donors (Lipinski definition) is 0. The predicted molar refractivity (Wildman–Crippen MR) is 183 cm³/mol. The Morgan fingerprint density at radius 1 is 0.698 bits per heavy atom. The Balaban J connectivity index is 1.28. The number of para-hydroxylation sites is 2. The van der Waals surface area contributed by atoms with E-state index in [1.807, 2.05) is 109 Å². The highest BCUT2D eigenvalue weighted by Gasteiger charge is 2.22. The van der Waals surface area contributed by atoms with Crippen molar-refractivity contribution in [3.8, 4) is 22.5 Å². The Morgan fingerprint density at radius 2 is 1.28 bits per heavy atom. The second-order valence-electron chi connectivity index (χ2n) is 10.5. The molecule has 2 heterocycles. The van der Waals surface area contributed by atoms with Crippen molar-refractivity contribution in [1.29, 1.82) is 0 Å². The fraction of sp³-hybridized carbons (Fsp3) is 0.200. The quantitative estimate of drug-likeness (QED) is 0.0719. The van der Waals surface area contributed by atoms with Gasteiger partial charge in [-0.2, -0.15) is 0 Å². The van der Waals surface area contributed by atoms with Gasteiger partial charge in [0.15, 0.2) is 4.77 Å². The van der Waals surface area contributed by atoms with E-state index in [1.165, 1.54) is 5.69 Å². The molecule has 0 N–H and O–H groups in total. The van der Waals surface area contributed by atoms with Crippen LogP contribution in [0.4, 0.5) is 5.69 Å². The van der Waals surface area contributed by atoms with Crippen LogP contribution in [-0.4, -0.2) is 52.5 Å². The van der Waals surface area contributed by atoms with Crippen LogP contribution in [0.25, 0.3) is 22.5 Å². The molecule has 0 unspecified atom stereocenters. The third-order valence-corrected chi connectivity index (χ3v) is 9.46. The van der Waals surface area contributed by atoms with Crippen LogP contribution >= 0.6 is 35.6 Å². The Morgan fingerprint density at radius 3 is 1.91 bits per heavy atom. The minimum absolute atomic E-state index is 0.103. The van der Waals surface area contributed by atoms with E-state index in [9.17, 15) is 4.79 Å². The monoisotopic (exact) mass is 624 g/mol. The van der Waals surface area contributed by atoms with Gasteiger partial charge in [-0.15, -0.1) is 11.8 Å². The van der Waals surface area contributed by atoms with Crippen LogP contribution in [0.2, 0.25) is 5.02 Å². The summed E-state index contributed by atoms with van der Waals surface area (Å²) in [5.74, 6) is 0.866. The zero-order valence-electron chi connectivity index (χ0n) is 23.8. The molecule has 1 fully saturated rings. The van der Waals surface area contributed by atoms with Gasteiger partial charge in [0.2, 0.25) is 0 Å². The topological polar surface area (TPSA) is 33.4 Å². The molecule has 0 radical (unpaired) electrons. The maximum atomic E-state index is 14.3. The van der Waals surface area contributed by atoms with Gasteiger partial charge in [0, 0.05) is 48.3 Å². The Hall–Kier alpha value is -3.62. The molecule has 1 saturated heterocycles. The Kier molecular flexibility index (Phi) is 9.44. The molecule has 4 aromatic carbocycles. The van der Waals surface area contributed by atoms with Gasteiger partial charge in [0.1, 0.15) is 0 Å². The maximum absolute atomic E-state index is 14.3. The van der Waals surface area contributed by atoms with Gasteiger partial charge in [0.05, 0.1) is 16.3 Å². The molecule has 1 aliphatic heterocycles. The number of halogens is 1. The second-order valence-corrected chi connectivity index (χ2v) is 12.4. The molecule has 1 aliphatic rings. The van der Waals surface area contributed by atoms with Crippen molar-refractivity contribution in [3.05, 3.63) is 135 Å². The highest BCUT2D eigenvalue weighted by Crippen LogP contribution is 2.33. The van der Waals surface area contributed by atoms with Crippen molar-refractivity contribution in [2.75, 3.05) is 43.4 Å². The molecule has 43 heavy (non-hydrogen) atoms. The SMILES string of the molecule is O=c1c(-c2ccccc2)c(SCCCN2CCN(c3cccc(Cl)c3)CC2)n(-c2ccccc2)c(=S)n1-c1ccccc1. The van der Waals surface area contributed by atoms with E-state index in [1.54, 1.807) is 16.3 Å². The minimum atomic E-state index is -0.103. The highest BCUT2D eigenvalue weighted by molar-refractivity contribution is 7.99. The summed E-state index contributed by atoms with van der Waals surface area (Å²) in [4.78, 5) is 19.2. The minimum Gasteiger partial charge on any atom is -0.369 e. The largest absolute Gasteiger partial charge is 0.369 e. The van der Waals surface area contributed by atoms with Gasteiger partial charge in [-0.1, -0.05) is 84.4 Å². The number of hydrogen-bond acceptors (Lipinski definition) is 5. The first-order chi connectivity index (χ1) is 21.1. The Labute approximate surface area is 267 Å². The molecule has 8 heteroatoms. The molecule has 5 nitrogen and oxygen atoms in total. The highest BCUT2D eigenvalue weighted by atomic mass is 35.5. The number of rotatable bonds is 9. The molecule has 0 aliphatic carbocycles. The number of benzene rings is 4. The van der Waals surface area contributed by atoms with Gasteiger partial charge < -0.3 is 4.90 Å². The van der Waals surface area contributed by atoms with Gasteiger partial charge >= 0.3 is 0 Å². The van der Waals surface area contributed by atoms with Crippen LogP contribution < -0.4 is 10.5 Å². The molecular weight excluding hydrogens is 592 g/mol. The van der Waals surface area contributed by atoms with Crippen molar-refractivity contribution in [2.24, 2.45) is 0 Å². The van der Waals surface area contributed by atoms with Crippen LogP contribution in [0, 0.1) is 4.77 Å². The molecule has 0 spiro atoms. The van der Waals surface area contributed by atoms with Gasteiger partial charge in [-0.25, -0.2) is 0 Å². The number of nitrogens with zero attached hydrogens (tertiary/aromatic N) is 4. The summed E-state index contributed by atoms with van der Waals surface area (Å²) in [5, 5.41) is 1.66. The normalized spacial score (nSPS) is 13.7. The van der Waals surface area contributed by atoms with Crippen molar-refractivity contribution in [3.63, 3.8) is 0 Å². The van der Waals surface area contributed by atoms with E-state index in [0.29, 0.717) is 10.3 Å². The molecule has 5 aromatic rings. The third kappa shape index (κ3) is 6.65. The first-order valence-electron chi connectivity index (χ1n) is 14.5. The summed E-state index contributed by atoms with van der Waals surface area (Å²) in [6.45, 7) is 5.00. The number of aromatic nitrogens is 2. The first kappa shape index (κ1) is 29.5. The fourth-order valence-corrected chi connectivity index (χ4v) is 7.31. The summed E-state index contributed by atoms with van der Waals surface area (Å²) in [6, 6.07) is 37.8. The lowest BCUT2D eigenvalue weighted by Crippen LogP contribution is -2.46. The lowest BCUT2D eigenvalue weighted by Gasteiger charge is -2.36. The van der Waals surface area contributed by atoms with Crippen LogP contribution in [-0.2, 0) is 0 Å². The van der Waals surface area contributed by atoms with Crippen LogP contribution in [0.3, 0.4) is 0 Å². The second kappa shape index (κ2) is 13.8. The van der Waals surface area contributed by atoms with E-state index in [2.05, 4.69) is 20.4 Å². The van der Waals surface area contributed by atoms with Gasteiger partial charge in [0.25, 0.3) is 5.56 Å². The Bertz CT molecular complexity index is 1710. The summed E-state index contributed by atoms with van der Waals surface area (Å²) < 4.78 is 4.19. The maximum Gasteiger partial charge on any atom is 0.267 e.